The highest BCUT2D eigenvalue weighted by Gasteiger charge is 2.28. The number of nitrogens with zero attached hydrogens (tertiary/aromatic N) is 3. The van der Waals surface area contributed by atoms with Gasteiger partial charge < -0.3 is 5.73 Å². The van der Waals surface area contributed by atoms with E-state index in [9.17, 15) is 4.79 Å². The topological polar surface area (TPSA) is 93.8 Å². The van der Waals surface area contributed by atoms with Crippen molar-refractivity contribution in [3.05, 3.63) is 11.4 Å². The molecular weight excluding hydrogens is 218 g/mol. The van der Waals surface area contributed by atoms with E-state index in [2.05, 4.69) is 20.5 Å². The number of nitrogens with one attached hydrogen (secondary N) is 1. The first-order chi connectivity index (χ1) is 7.71. The van der Waals surface area contributed by atoms with E-state index in [0.29, 0.717) is 0 Å². The van der Waals surface area contributed by atoms with Gasteiger partial charge >= 0.3 is 0 Å². The largest absolute Gasteiger partial charge is 0.319 e. The van der Waals surface area contributed by atoms with Gasteiger partial charge in [0.15, 0.2) is 0 Å². The van der Waals surface area contributed by atoms with Crippen LogP contribution in [0.15, 0.2) is 0 Å². The molecule has 3 N–H and O–H groups in total. The predicted molar refractivity (Wildman–Crippen MR) is 65.4 cm³/mol. The number of hydrogen-bond acceptors (Lipinski definition) is 5. The molecule has 0 saturated carbocycles. The zero-order valence-corrected chi connectivity index (χ0v) is 10.9. The Morgan fingerprint density at radius 3 is 2.29 bits per heavy atom. The monoisotopic (exact) mass is 237 g/mol. The molecule has 0 aromatic carbocycles. The molecule has 0 aliphatic heterocycles. The number of rotatable bonds is 2. The van der Waals surface area contributed by atoms with E-state index in [-0.39, 0.29) is 17.3 Å². The van der Waals surface area contributed by atoms with Crippen molar-refractivity contribution in [3.63, 3.8) is 0 Å². The lowest BCUT2D eigenvalue weighted by Crippen LogP contribution is -2.45. The fraction of sp³-hybridized carbons (Fsp3) is 0.636. The number of nitrogens with two attached hydrogens (primary N) is 1. The lowest BCUT2D eigenvalue weighted by atomic mass is 9.87. The molecule has 0 saturated heterocycles. The second-order valence-electron chi connectivity index (χ2n) is 5.14. The summed E-state index contributed by atoms with van der Waals surface area (Å²) in [7, 11) is 0. The minimum absolute atomic E-state index is 0.192. The van der Waals surface area contributed by atoms with Crippen LogP contribution in [0, 0.1) is 19.3 Å². The maximum atomic E-state index is 11.8. The van der Waals surface area contributed by atoms with Crippen LogP contribution in [0.25, 0.3) is 0 Å². The number of carbonyl (C=O) groups excluding carboxylic acids is 1. The summed E-state index contributed by atoms with van der Waals surface area (Å²) in [5.41, 5.74) is 6.99. The lowest BCUT2D eigenvalue weighted by Gasteiger charge is -2.25. The van der Waals surface area contributed by atoms with Gasteiger partial charge in [0.1, 0.15) is 0 Å². The van der Waals surface area contributed by atoms with E-state index in [1.807, 2.05) is 34.6 Å². The Morgan fingerprint density at radius 1 is 1.24 bits per heavy atom. The third-order valence-electron chi connectivity index (χ3n) is 2.54. The van der Waals surface area contributed by atoms with Crippen molar-refractivity contribution in [2.24, 2.45) is 11.1 Å². The average molecular weight is 237 g/mol. The molecule has 6 heteroatoms. The van der Waals surface area contributed by atoms with Crippen LogP contribution in [0.5, 0.6) is 0 Å². The first kappa shape index (κ1) is 13.5. The summed E-state index contributed by atoms with van der Waals surface area (Å²) in [5, 5.41) is 10.2. The molecule has 6 nitrogen and oxygen atoms in total. The molecular formula is C11H19N5O. The summed E-state index contributed by atoms with van der Waals surface area (Å²) in [6, 6.07) is -0.618. The molecule has 0 unspecified atom stereocenters. The minimum Gasteiger partial charge on any atom is -0.319 e. The molecule has 0 bridgehead atoms. The van der Waals surface area contributed by atoms with E-state index < -0.39 is 6.04 Å². The molecule has 0 spiro atoms. The maximum Gasteiger partial charge on any atom is 0.249 e. The molecule has 1 heterocycles. The van der Waals surface area contributed by atoms with Crippen molar-refractivity contribution in [1.29, 1.82) is 0 Å². The minimum atomic E-state index is -0.618. The highest BCUT2D eigenvalue weighted by molar-refractivity contribution is 5.93. The molecule has 1 aromatic rings. The second-order valence-corrected chi connectivity index (χ2v) is 5.14. The van der Waals surface area contributed by atoms with Gasteiger partial charge in [-0.1, -0.05) is 20.8 Å². The second kappa shape index (κ2) is 4.75. The highest BCUT2D eigenvalue weighted by atomic mass is 16.2. The van der Waals surface area contributed by atoms with Crippen molar-refractivity contribution < 1.29 is 4.79 Å². The van der Waals surface area contributed by atoms with Gasteiger partial charge in [0.2, 0.25) is 11.9 Å². The van der Waals surface area contributed by atoms with E-state index in [1.165, 1.54) is 0 Å². The molecule has 0 radical (unpaired) electrons. The number of anilines is 1. The summed E-state index contributed by atoms with van der Waals surface area (Å²) in [4.78, 5) is 15.9. The van der Waals surface area contributed by atoms with Gasteiger partial charge in [-0.25, -0.2) is 4.98 Å². The van der Waals surface area contributed by atoms with Gasteiger partial charge in [-0.3, -0.25) is 10.1 Å². The number of carbonyl (C=O) groups is 1. The Morgan fingerprint density at radius 2 is 1.82 bits per heavy atom. The summed E-state index contributed by atoms with van der Waals surface area (Å²) < 4.78 is 0. The van der Waals surface area contributed by atoms with E-state index in [1.54, 1.807) is 0 Å². The van der Waals surface area contributed by atoms with Gasteiger partial charge in [-0.15, -0.1) is 5.10 Å². The van der Waals surface area contributed by atoms with Gasteiger partial charge in [-0.2, -0.15) is 5.10 Å². The van der Waals surface area contributed by atoms with Gasteiger partial charge in [0.05, 0.1) is 17.4 Å². The molecule has 0 fully saturated rings. The molecule has 0 aliphatic carbocycles. The normalized spacial score (nSPS) is 13.3. The van der Waals surface area contributed by atoms with Crippen molar-refractivity contribution >= 4 is 11.9 Å². The SMILES string of the molecule is Cc1nnc(NC(=O)[C@@H](N)C(C)(C)C)nc1C. The zero-order chi connectivity index (χ0) is 13.2. The van der Waals surface area contributed by atoms with E-state index in [0.717, 1.165) is 11.4 Å². The third-order valence-corrected chi connectivity index (χ3v) is 2.54. The Labute approximate surface area is 101 Å². The van der Waals surface area contributed by atoms with Crippen molar-refractivity contribution in [2.45, 2.75) is 40.7 Å². The van der Waals surface area contributed by atoms with Crippen LogP contribution in [-0.2, 0) is 4.79 Å². The molecule has 1 rings (SSSR count). The quantitative estimate of drug-likeness (QED) is 0.793. The zero-order valence-electron chi connectivity index (χ0n) is 10.9. The fourth-order valence-corrected chi connectivity index (χ4v) is 1.09. The molecule has 94 valence electrons. The van der Waals surface area contributed by atoms with Crippen LogP contribution in [-0.4, -0.2) is 27.1 Å². The Bertz CT molecular complexity index is 424. The maximum absolute atomic E-state index is 11.8. The van der Waals surface area contributed by atoms with Crippen LogP contribution in [0.1, 0.15) is 32.2 Å². The lowest BCUT2D eigenvalue weighted by molar-refractivity contribution is -0.119. The number of aryl methyl sites for hydroxylation is 2. The first-order valence-electron chi connectivity index (χ1n) is 5.46. The summed E-state index contributed by atoms with van der Waals surface area (Å²) in [6.07, 6.45) is 0. The Kier molecular flexibility index (Phi) is 3.77. The number of aromatic nitrogens is 3. The molecule has 17 heavy (non-hydrogen) atoms. The van der Waals surface area contributed by atoms with Gasteiger partial charge in [-0.05, 0) is 19.3 Å². The third kappa shape index (κ3) is 3.45. The number of hydrogen-bond donors (Lipinski definition) is 2. The smallest absolute Gasteiger partial charge is 0.249 e. The Balaban J connectivity index is 2.78. The van der Waals surface area contributed by atoms with Crippen LogP contribution >= 0.6 is 0 Å². The molecule has 1 aromatic heterocycles. The molecule has 1 amide bonds. The standard InChI is InChI=1S/C11H19N5O/c1-6-7(2)15-16-10(13-6)14-9(17)8(12)11(3,4)5/h8H,12H2,1-5H3,(H,13,14,16,17)/t8-/m1/s1. The molecule has 0 aliphatic rings. The highest BCUT2D eigenvalue weighted by Crippen LogP contribution is 2.18. The fourth-order valence-electron chi connectivity index (χ4n) is 1.09. The van der Waals surface area contributed by atoms with Crippen LogP contribution in [0.4, 0.5) is 5.95 Å². The van der Waals surface area contributed by atoms with Crippen molar-refractivity contribution in [3.8, 4) is 0 Å². The summed E-state index contributed by atoms with van der Waals surface area (Å²) >= 11 is 0. The van der Waals surface area contributed by atoms with E-state index in [4.69, 9.17) is 5.73 Å². The van der Waals surface area contributed by atoms with Crippen molar-refractivity contribution in [1.82, 2.24) is 15.2 Å². The van der Waals surface area contributed by atoms with E-state index >= 15 is 0 Å². The predicted octanol–water partition coefficient (Wildman–Crippen LogP) is 0.800. The van der Waals surface area contributed by atoms with Crippen LogP contribution in [0.2, 0.25) is 0 Å². The first-order valence-corrected chi connectivity index (χ1v) is 5.46. The van der Waals surface area contributed by atoms with Crippen molar-refractivity contribution in [2.75, 3.05) is 5.32 Å². The van der Waals surface area contributed by atoms with Gasteiger partial charge in [0.25, 0.3) is 0 Å². The summed E-state index contributed by atoms with van der Waals surface area (Å²) in [5.74, 6) is -0.111. The van der Waals surface area contributed by atoms with Crippen LogP contribution in [0.3, 0.4) is 0 Å². The van der Waals surface area contributed by atoms with Crippen LogP contribution < -0.4 is 11.1 Å². The average Bonchev–Trinajstić information content (AvgIpc) is 2.21. The van der Waals surface area contributed by atoms with Gasteiger partial charge in [0, 0.05) is 0 Å². The Hall–Kier alpha value is -1.56. The molecule has 1 atom stereocenters. The number of amides is 1. The summed E-state index contributed by atoms with van der Waals surface area (Å²) in [6.45, 7) is 9.31.